The van der Waals surface area contributed by atoms with E-state index in [2.05, 4.69) is 10.2 Å². The Hall–Kier alpha value is -1.91. The first-order valence-corrected chi connectivity index (χ1v) is 4.90. The monoisotopic (exact) mass is 202 g/mol. The van der Waals surface area contributed by atoms with Gasteiger partial charge in [-0.05, 0) is 25.0 Å². The minimum Gasteiger partial charge on any atom is -0.366 e. The third-order valence-electron chi connectivity index (χ3n) is 2.66. The van der Waals surface area contributed by atoms with Gasteiger partial charge in [0, 0.05) is 12.1 Å². The highest BCUT2D eigenvalue weighted by Gasteiger charge is 2.28. The molecule has 2 aromatic rings. The molecule has 1 fully saturated rings. The van der Waals surface area contributed by atoms with Crippen LogP contribution >= 0.6 is 0 Å². The predicted molar refractivity (Wildman–Crippen MR) is 53.5 cm³/mol. The quantitative estimate of drug-likeness (QED) is 0.779. The molecule has 2 aromatic heterocycles. The Labute approximate surface area is 85.9 Å². The second kappa shape index (κ2) is 2.79. The summed E-state index contributed by atoms with van der Waals surface area (Å²) in [6, 6.07) is 3.43. The van der Waals surface area contributed by atoms with Crippen molar-refractivity contribution in [2.45, 2.75) is 18.8 Å². The molecule has 0 bridgehead atoms. The van der Waals surface area contributed by atoms with Gasteiger partial charge in [0.2, 0.25) is 5.91 Å². The first kappa shape index (κ1) is 8.40. The smallest absolute Gasteiger partial charge is 0.250 e. The highest BCUT2D eigenvalue weighted by molar-refractivity contribution is 5.92. The molecule has 15 heavy (non-hydrogen) atoms. The third kappa shape index (κ3) is 1.27. The lowest BCUT2D eigenvalue weighted by Gasteiger charge is -1.99. The number of pyridine rings is 1. The Balaban J connectivity index is 2.21. The van der Waals surface area contributed by atoms with Crippen LogP contribution in [0.3, 0.4) is 0 Å². The lowest BCUT2D eigenvalue weighted by atomic mass is 10.2. The summed E-state index contributed by atoms with van der Waals surface area (Å²) in [6.45, 7) is 0. The van der Waals surface area contributed by atoms with Crippen molar-refractivity contribution in [3.05, 3.63) is 29.7 Å². The van der Waals surface area contributed by atoms with Crippen molar-refractivity contribution in [2.24, 2.45) is 5.73 Å². The van der Waals surface area contributed by atoms with E-state index in [1.807, 2.05) is 4.40 Å². The van der Waals surface area contributed by atoms with Crippen LogP contribution in [0.2, 0.25) is 0 Å². The van der Waals surface area contributed by atoms with Crippen LogP contribution in [0, 0.1) is 0 Å². The van der Waals surface area contributed by atoms with Crippen LogP contribution < -0.4 is 5.73 Å². The fourth-order valence-electron chi connectivity index (χ4n) is 1.67. The van der Waals surface area contributed by atoms with Crippen molar-refractivity contribution in [1.82, 2.24) is 14.6 Å². The summed E-state index contributed by atoms with van der Waals surface area (Å²) in [5, 5.41) is 8.16. The fraction of sp³-hybridized carbons (Fsp3) is 0.300. The lowest BCUT2D eigenvalue weighted by Crippen LogP contribution is -2.11. The number of hydrogen-bond donors (Lipinski definition) is 1. The van der Waals surface area contributed by atoms with Crippen LogP contribution in [0.15, 0.2) is 18.3 Å². The van der Waals surface area contributed by atoms with E-state index in [0.29, 0.717) is 11.5 Å². The first-order valence-electron chi connectivity index (χ1n) is 4.90. The maximum Gasteiger partial charge on any atom is 0.250 e. The summed E-state index contributed by atoms with van der Waals surface area (Å²) in [4.78, 5) is 11.0. The lowest BCUT2D eigenvalue weighted by molar-refractivity contribution is 0.1000. The molecule has 1 aliphatic carbocycles. The van der Waals surface area contributed by atoms with E-state index in [9.17, 15) is 4.79 Å². The molecule has 2 N–H and O–H groups in total. The zero-order valence-corrected chi connectivity index (χ0v) is 8.05. The summed E-state index contributed by atoms with van der Waals surface area (Å²) in [6.07, 6.45) is 4.02. The number of carbonyl (C=O) groups excluding carboxylic acids is 1. The average Bonchev–Trinajstić information content (AvgIpc) is 2.98. The number of hydrogen-bond acceptors (Lipinski definition) is 3. The number of nitrogens with two attached hydrogens (primary N) is 1. The standard InChI is InChI=1S/C10H10N4O/c11-9(15)7-3-4-8-12-13-10(6-1-2-6)14(8)5-7/h3-6H,1-2H2,(H2,11,15). The van der Waals surface area contributed by atoms with Crippen LogP contribution in [0.5, 0.6) is 0 Å². The molecule has 0 unspecified atom stereocenters. The molecule has 0 radical (unpaired) electrons. The number of primary amides is 1. The second-order valence-electron chi connectivity index (χ2n) is 3.84. The number of aromatic nitrogens is 3. The largest absolute Gasteiger partial charge is 0.366 e. The van der Waals surface area contributed by atoms with E-state index in [-0.39, 0.29) is 0 Å². The van der Waals surface area contributed by atoms with E-state index in [1.54, 1.807) is 18.3 Å². The molecule has 1 amide bonds. The van der Waals surface area contributed by atoms with Gasteiger partial charge in [0.05, 0.1) is 5.56 Å². The minimum atomic E-state index is -0.424. The number of fused-ring (bicyclic) bond motifs is 1. The highest BCUT2D eigenvalue weighted by atomic mass is 16.1. The topological polar surface area (TPSA) is 73.3 Å². The van der Waals surface area contributed by atoms with Crippen LogP contribution in [-0.4, -0.2) is 20.5 Å². The molecule has 0 aliphatic heterocycles. The third-order valence-corrected chi connectivity index (χ3v) is 2.66. The molecule has 0 atom stereocenters. The van der Waals surface area contributed by atoms with Gasteiger partial charge < -0.3 is 5.73 Å². The van der Waals surface area contributed by atoms with Gasteiger partial charge in [0.25, 0.3) is 0 Å². The van der Waals surface area contributed by atoms with Crippen LogP contribution in [0.1, 0.15) is 34.9 Å². The number of rotatable bonds is 2. The molecule has 76 valence electrons. The maximum atomic E-state index is 11.0. The summed E-state index contributed by atoms with van der Waals surface area (Å²) in [5.41, 5.74) is 6.48. The van der Waals surface area contributed by atoms with Crippen molar-refractivity contribution in [3.8, 4) is 0 Å². The summed E-state index contributed by atoms with van der Waals surface area (Å²) in [7, 11) is 0. The van der Waals surface area contributed by atoms with Gasteiger partial charge >= 0.3 is 0 Å². The molecule has 0 spiro atoms. The van der Waals surface area contributed by atoms with E-state index in [1.165, 1.54) is 0 Å². The number of amides is 1. The summed E-state index contributed by atoms with van der Waals surface area (Å²) >= 11 is 0. The van der Waals surface area contributed by atoms with Gasteiger partial charge in [-0.15, -0.1) is 10.2 Å². The van der Waals surface area contributed by atoms with Gasteiger partial charge in [-0.25, -0.2) is 0 Å². The van der Waals surface area contributed by atoms with Crippen molar-refractivity contribution in [2.75, 3.05) is 0 Å². The fourth-order valence-corrected chi connectivity index (χ4v) is 1.67. The molecule has 0 aromatic carbocycles. The molecule has 1 saturated carbocycles. The normalized spacial score (nSPS) is 15.7. The summed E-state index contributed by atoms with van der Waals surface area (Å²) in [5.74, 6) is 1.02. The van der Waals surface area contributed by atoms with Gasteiger partial charge in [-0.1, -0.05) is 0 Å². The van der Waals surface area contributed by atoms with Crippen molar-refractivity contribution >= 4 is 11.6 Å². The zero-order chi connectivity index (χ0) is 10.4. The van der Waals surface area contributed by atoms with E-state index < -0.39 is 5.91 Å². The number of carbonyl (C=O) groups is 1. The molecular weight excluding hydrogens is 192 g/mol. The van der Waals surface area contributed by atoms with Crippen LogP contribution in [-0.2, 0) is 0 Å². The van der Waals surface area contributed by atoms with E-state index in [4.69, 9.17) is 5.73 Å². The van der Waals surface area contributed by atoms with Crippen LogP contribution in [0.25, 0.3) is 5.65 Å². The highest BCUT2D eigenvalue weighted by Crippen LogP contribution is 2.38. The minimum absolute atomic E-state index is 0.424. The average molecular weight is 202 g/mol. The Morgan fingerprint density at radius 2 is 2.20 bits per heavy atom. The Kier molecular flexibility index (Phi) is 1.56. The molecule has 5 heteroatoms. The van der Waals surface area contributed by atoms with Gasteiger partial charge in [0.1, 0.15) is 5.82 Å². The maximum absolute atomic E-state index is 11.0. The van der Waals surface area contributed by atoms with Crippen molar-refractivity contribution in [3.63, 3.8) is 0 Å². The van der Waals surface area contributed by atoms with E-state index in [0.717, 1.165) is 24.3 Å². The van der Waals surface area contributed by atoms with Gasteiger partial charge in [0.15, 0.2) is 5.65 Å². The molecule has 3 rings (SSSR count). The Morgan fingerprint density at radius 1 is 1.40 bits per heavy atom. The van der Waals surface area contributed by atoms with Gasteiger partial charge in [-0.3, -0.25) is 9.20 Å². The number of nitrogens with zero attached hydrogens (tertiary/aromatic N) is 3. The molecule has 1 aliphatic rings. The van der Waals surface area contributed by atoms with Crippen molar-refractivity contribution in [1.29, 1.82) is 0 Å². The van der Waals surface area contributed by atoms with Gasteiger partial charge in [-0.2, -0.15) is 0 Å². The van der Waals surface area contributed by atoms with E-state index >= 15 is 0 Å². The molecular formula is C10H10N4O. The zero-order valence-electron chi connectivity index (χ0n) is 8.05. The SMILES string of the molecule is NC(=O)c1ccc2nnc(C3CC3)n2c1. The molecule has 5 nitrogen and oxygen atoms in total. The molecule has 2 heterocycles. The Morgan fingerprint density at radius 3 is 2.87 bits per heavy atom. The second-order valence-corrected chi connectivity index (χ2v) is 3.84. The van der Waals surface area contributed by atoms with Crippen LogP contribution in [0.4, 0.5) is 0 Å². The summed E-state index contributed by atoms with van der Waals surface area (Å²) < 4.78 is 1.86. The molecule has 0 saturated heterocycles. The Bertz CT molecular complexity index is 541. The van der Waals surface area contributed by atoms with Crippen molar-refractivity contribution < 1.29 is 4.79 Å². The predicted octanol–water partition coefficient (Wildman–Crippen LogP) is 0.706. The first-order chi connectivity index (χ1) is 7.25.